The number of piperidine rings is 1. The molecule has 1 saturated carbocycles. The first-order chi connectivity index (χ1) is 12.5. The smallest absolute Gasteiger partial charge is 0.326 e. The number of aliphatic carboxylic acids is 1. The quantitative estimate of drug-likeness (QED) is 0.706. The second-order valence-electron chi connectivity index (χ2n) is 7.61. The maximum Gasteiger partial charge on any atom is 0.326 e. The Hall–Kier alpha value is -1.47. The van der Waals surface area contributed by atoms with Crippen LogP contribution in [0.5, 0.6) is 0 Å². The number of amides is 1. The summed E-state index contributed by atoms with van der Waals surface area (Å²) in [7, 11) is 0. The van der Waals surface area contributed by atoms with E-state index < -0.39 is 12.0 Å². The largest absolute Gasteiger partial charge is 0.480 e. The number of hydrogen-bond acceptors (Lipinski definition) is 5. The maximum absolute atomic E-state index is 12.7. The third kappa shape index (κ3) is 4.82. The number of carbonyl (C=O) groups is 2. The molecule has 6 nitrogen and oxygen atoms in total. The molecule has 7 heteroatoms. The van der Waals surface area contributed by atoms with E-state index in [0.717, 1.165) is 56.6 Å². The molecule has 1 aromatic rings. The van der Waals surface area contributed by atoms with Gasteiger partial charge in [0.05, 0.1) is 10.7 Å². The van der Waals surface area contributed by atoms with Gasteiger partial charge in [-0.2, -0.15) is 0 Å². The van der Waals surface area contributed by atoms with Crippen LogP contribution < -0.4 is 10.6 Å². The molecule has 1 aliphatic heterocycles. The number of thiazole rings is 1. The number of rotatable bonds is 6. The summed E-state index contributed by atoms with van der Waals surface area (Å²) in [6.07, 6.45) is 8.43. The molecule has 144 valence electrons. The molecule has 0 spiro atoms. The predicted molar refractivity (Wildman–Crippen MR) is 102 cm³/mol. The van der Waals surface area contributed by atoms with Gasteiger partial charge >= 0.3 is 5.97 Å². The van der Waals surface area contributed by atoms with Crippen molar-refractivity contribution in [3.8, 4) is 0 Å². The highest BCUT2D eigenvalue weighted by Gasteiger charge is 2.28. The molecule has 0 aromatic carbocycles. The highest BCUT2D eigenvalue weighted by atomic mass is 32.1. The molecule has 2 fully saturated rings. The summed E-state index contributed by atoms with van der Waals surface area (Å²) in [6, 6.07) is -0.813. The summed E-state index contributed by atoms with van der Waals surface area (Å²) in [6.45, 7) is 3.77. The number of nitrogens with one attached hydrogen (secondary N) is 2. The molecule has 1 amide bonds. The van der Waals surface area contributed by atoms with Crippen molar-refractivity contribution in [2.75, 3.05) is 13.1 Å². The van der Waals surface area contributed by atoms with E-state index in [0.29, 0.717) is 28.8 Å². The second-order valence-corrected chi connectivity index (χ2v) is 8.64. The Morgan fingerprint density at radius 1 is 1.27 bits per heavy atom. The van der Waals surface area contributed by atoms with Gasteiger partial charge in [0.2, 0.25) is 0 Å². The average molecular weight is 380 g/mol. The Morgan fingerprint density at radius 2 is 2.04 bits per heavy atom. The van der Waals surface area contributed by atoms with Gasteiger partial charge in [-0.15, -0.1) is 11.3 Å². The minimum atomic E-state index is -0.942. The Kier molecular flexibility index (Phi) is 6.64. The molecule has 1 unspecified atom stereocenters. The number of aromatic nitrogens is 1. The monoisotopic (exact) mass is 379 g/mol. The van der Waals surface area contributed by atoms with Crippen molar-refractivity contribution < 1.29 is 14.7 Å². The van der Waals surface area contributed by atoms with E-state index in [2.05, 4.69) is 15.6 Å². The van der Waals surface area contributed by atoms with Crippen LogP contribution in [0.4, 0.5) is 0 Å². The Morgan fingerprint density at radius 3 is 2.69 bits per heavy atom. The van der Waals surface area contributed by atoms with Gasteiger partial charge in [0.25, 0.3) is 5.91 Å². The fourth-order valence-corrected chi connectivity index (χ4v) is 5.17. The lowest BCUT2D eigenvalue weighted by atomic mass is 9.85. The minimum Gasteiger partial charge on any atom is -0.480 e. The van der Waals surface area contributed by atoms with E-state index in [9.17, 15) is 14.7 Å². The Balaban J connectivity index is 1.65. The highest BCUT2D eigenvalue weighted by Crippen LogP contribution is 2.30. The maximum atomic E-state index is 12.7. The van der Waals surface area contributed by atoms with Gasteiger partial charge in [0, 0.05) is 12.5 Å². The van der Waals surface area contributed by atoms with Gasteiger partial charge < -0.3 is 15.7 Å². The lowest BCUT2D eigenvalue weighted by Gasteiger charge is -2.25. The van der Waals surface area contributed by atoms with Crippen molar-refractivity contribution in [3.63, 3.8) is 0 Å². The van der Waals surface area contributed by atoms with Crippen LogP contribution >= 0.6 is 11.3 Å². The van der Waals surface area contributed by atoms with Crippen LogP contribution in [0.25, 0.3) is 0 Å². The molecule has 3 rings (SSSR count). The lowest BCUT2D eigenvalue weighted by Crippen LogP contribution is -2.42. The minimum absolute atomic E-state index is 0.293. The van der Waals surface area contributed by atoms with Crippen molar-refractivity contribution in [1.29, 1.82) is 0 Å². The molecule has 0 radical (unpaired) electrons. The van der Waals surface area contributed by atoms with Crippen LogP contribution in [-0.4, -0.2) is 41.1 Å². The number of carboxylic acid groups (broad SMARTS) is 1. The van der Waals surface area contributed by atoms with Crippen molar-refractivity contribution in [2.45, 2.75) is 70.3 Å². The van der Waals surface area contributed by atoms with Crippen LogP contribution in [0.1, 0.15) is 77.7 Å². The first-order valence-corrected chi connectivity index (χ1v) is 10.6. The zero-order valence-electron chi connectivity index (χ0n) is 15.4. The second kappa shape index (κ2) is 8.95. The third-order valence-electron chi connectivity index (χ3n) is 5.56. The molecule has 1 aliphatic carbocycles. The molecule has 2 aliphatic rings. The van der Waals surface area contributed by atoms with Crippen LogP contribution in [0.2, 0.25) is 0 Å². The zero-order chi connectivity index (χ0) is 18.5. The molecule has 1 aromatic heterocycles. The summed E-state index contributed by atoms with van der Waals surface area (Å²) in [5.41, 5.74) is 0.704. The molecular formula is C19H29N3O3S. The molecule has 26 heavy (non-hydrogen) atoms. The first-order valence-electron chi connectivity index (χ1n) is 9.76. The van der Waals surface area contributed by atoms with Crippen molar-refractivity contribution >= 4 is 23.2 Å². The molecule has 2 atom stereocenters. The topological polar surface area (TPSA) is 91.3 Å². The van der Waals surface area contributed by atoms with Gasteiger partial charge in [-0.05, 0) is 38.6 Å². The van der Waals surface area contributed by atoms with Crippen LogP contribution in [0, 0.1) is 12.8 Å². The van der Waals surface area contributed by atoms with Gasteiger partial charge in [0.15, 0.2) is 0 Å². The summed E-state index contributed by atoms with van der Waals surface area (Å²) >= 11 is 1.42. The lowest BCUT2D eigenvalue weighted by molar-refractivity contribution is -0.139. The summed E-state index contributed by atoms with van der Waals surface area (Å²) < 4.78 is 0. The summed E-state index contributed by atoms with van der Waals surface area (Å²) in [5, 5.41) is 16.7. The highest BCUT2D eigenvalue weighted by molar-refractivity contribution is 7.13. The van der Waals surface area contributed by atoms with E-state index in [1.54, 1.807) is 0 Å². The number of nitrogens with zero attached hydrogens (tertiary/aromatic N) is 1. The Bertz CT molecular complexity index is 634. The fraction of sp³-hybridized carbons (Fsp3) is 0.737. The molecular weight excluding hydrogens is 350 g/mol. The van der Waals surface area contributed by atoms with E-state index in [-0.39, 0.29) is 5.91 Å². The average Bonchev–Trinajstić information content (AvgIpc) is 3.04. The van der Waals surface area contributed by atoms with Crippen molar-refractivity contribution in [3.05, 3.63) is 15.6 Å². The number of carbonyl (C=O) groups excluding carboxylic acids is 1. The third-order valence-corrected chi connectivity index (χ3v) is 6.88. The van der Waals surface area contributed by atoms with Gasteiger partial charge in [-0.25, -0.2) is 9.78 Å². The summed E-state index contributed by atoms with van der Waals surface area (Å²) in [5.74, 6) is -0.482. The van der Waals surface area contributed by atoms with Crippen LogP contribution in [0.15, 0.2) is 0 Å². The van der Waals surface area contributed by atoms with Crippen molar-refractivity contribution in [2.24, 2.45) is 5.92 Å². The SMILES string of the molecule is Cc1nc(C2CCCNC2)sc1C(=O)N[C@H](CC1CCCCC1)C(=O)O. The fourth-order valence-electron chi connectivity index (χ4n) is 4.07. The zero-order valence-corrected chi connectivity index (χ0v) is 16.2. The van der Waals surface area contributed by atoms with E-state index >= 15 is 0 Å². The number of aryl methyl sites for hydroxylation is 1. The summed E-state index contributed by atoms with van der Waals surface area (Å²) in [4.78, 5) is 29.5. The number of carboxylic acids is 1. The molecule has 1 saturated heterocycles. The predicted octanol–water partition coefficient (Wildman–Crippen LogP) is 3.07. The normalized spacial score (nSPS) is 22.7. The molecule has 0 bridgehead atoms. The molecule has 3 N–H and O–H groups in total. The van der Waals surface area contributed by atoms with E-state index in [1.165, 1.54) is 17.8 Å². The van der Waals surface area contributed by atoms with E-state index in [1.807, 2.05) is 6.92 Å². The van der Waals surface area contributed by atoms with Gasteiger partial charge in [-0.1, -0.05) is 32.1 Å². The van der Waals surface area contributed by atoms with Crippen LogP contribution in [0.3, 0.4) is 0 Å². The van der Waals surface area contributed by atoms with E-state index in [4.69, 9.17) is 0 Å². The van der Waals surface area contributed by atoms with Gasteiger partial charge in [-0.3, -0.25) is 4.79 Å². The standard InChI is InChI=1S/C19H29N3O3S/c1-12-16(26-18(21-12)14-8-5-9-20-11-14)17(23)22-15(19(24)25)10-13-6-3-2-4-7-13/h13-15,20H,2-11H2,1H3,(H,22,23)(H,24,25)/t14?,15-/m1/s1. The van der Waals surface area contributed by atoms with Crippen LogP contribution in [-0.2, 0) is 4.79 Å². The molecule has 2 heterocycles. The first kappa shape index (κ1) is 19.3. The number of hydrogen-bond donors (Lipinski definition) is 3. The van der Waals surface area contributed by atoms with Crippen molar-refractivity contribution in [1.82, 2.24) is 15.6 Å². The van der Waals surface area contributed by atoms with Gasteiger partial charge in [0.1, 0.15) is 10.9 Å². The Labute approximate surface area is 158 Å².